The highest BCUT2D eigenvalue weighted by atomic mass is 16.6. The van der Waals surface area contributed by atoms with Gasteiger partial charge in [0, 0.05) is 6.42 Å². The van der Waals surface area contributed by atoms with Crippen molar-refractivity contribution in [3.05, 3.63) is 24.3 Å². The van der Waals surface area contributed by atoms with Gasteiger partial charge in [-0.1, -0.05) is 63.3 Å². The summed E-state index contributed by atoms with van der Waals surface area (Å²) in [6.45, 7) is 1.57. The SMILES string of the molecule is CCCCC/C=C/C/C=C/CCCCCCCC(=O)OC(CO)CO. The van der Waals surface area contributed by atoms with E-state index in [2.05, 4.69) is 31.2 Å². The summed E-state index contributed by atoms with van der Waals surface area (Å²) in [7, 11) is 0. The van der Waals surface area contributed by atoms with Crippen LogP contribution in [0, 0.1) is 0 Å². The zero-order valence-corrected chi connectivity index (χ0v) is 16.0. The first-order valence-corrected chi connectivity index (χ1v) is 9.95. The van der Waals surface area contributed by atoms with Gasteiger partial charge in [0.25, 0.3) is 0 Å². The van der Waals surface area contributed by atoms with E-state index >= 15 is 0 Å². The topological polar surface area (TPSA) is 66.8 Å². The van der Waals surface area contributed by atoms with E-state index in [1.807, 2.05) is 0 Å². The van der Waals surface area contributed by atoms with E-state index in [0.717, 1.165) is 32.1 Å². The number of unbranched alkanes of at least 4 members (excludes halogenated alkanes) is 8. The molecule has 0 heterocycles. The second kappa shape index (κ2) is 19.2. The summed E-state index contributed by atoms with van der Waals surface area (Å²) in [6, 6.07) is 0. The Morgan fingerprint density at radius 2 is 1.40 bits per heavy atom. The maximum absolute atomic E-state index is 11.4. The van der Waals surface area contributed by atoms with Crippen LogP contribution in [0.2, 0.25) is 0 Å². The maximum atomic E-state index is 11.4. The Labute approximate surface area is 154 Å². The molecule has 0 aromatic heterocycles. The number of ether oxygens (including phenoxy) is 1. The Hall–Kier alpha value is -1.13. The normalized spacial score (nSPS) is 11.8. The van der Waals surface area contributed by atoms with Gasteiger partial charge in [0.2, 0.25) is 0 Å². The molecule has 0 amide bonds. The minimum absolute atomic E-state index is 0.329. The highest BCUT2D eigenvalue weighted by molar-refractivity contribution is 5.69. The zero-order chi connectivity index (χ0) is 18.6. The van der Waals surface area contributed by atoms with Gasteiger partial charge in [-0.15, -0.1) is 0 Å². The van der Waals surface area contributed by atoms with Gasteiger partial charge in [-0.25, -0.2) is 0 Å². The molecule has 2 N–H and O–H groups in total. The average Bonchev–Trinajstić information content (AvgIpc) is 2.62. The van der Waals surface area contributed by atoms with Crippen molar-refractivity contribution in [2.24, 2.45) is 0 Å². The second-order valence-corrected chi connectivity index (χ2v) is 6.46. The molecule has 0 radical (unpaired) electrons. The van der Waals surface area contributed by atoms with Crippen LogP contribution in [0.15, 0.2) is 24.3 Å². The molecular formula is C21H38O4. The Morgan fingerprint density at radius 3 is 2.00 bits per heavy atom. The van der Waals surface area contributed by atoms with Crippen LogP contribution in [-0.2, 0) is 9.53 Å². The Kier molecular flexibility index (Phi) is 18.3. The molecule has 0 unspecified atom stereocenters. The van der Waals surface area contributed by atoms with Crippen LogP contribution in [0.5, 0.6) is 0 Å². The van der Waals surface area contributed by atoms with Gasteiger partial charge >= 0.3 is 5.97 Å². The van der Waals surface area contributed by atoms with Crippen molar-refractivity contribution in [2.75, 3.05) is 13.2 Å². The third-order valence-electron chi connectivity index (χ3n) is 4.04. The fourth-order valence-electron chi connectivity index (χ4n) is 2.46. The monoisotopic (exact) mass is 354 g/mol. The molecule has 0 saturated heterocycles. The number of carbonyl (C=O) groups is 1. The van der Waals surface area contributed by atoms with E-state index in [-0.39, 0.29) is 19.2 Å². The number of carbonyl (C=O) groups excluding carboxylic acids is 1. The lowest BCUT2D eigenvalue weighted by Gasteiger charge is -2.12. The van der Waals surface area contributed by atoms with Gasteiger partial charge in [0.1, 0.15) is 6.10 Å². The summed E-state index contributed by atoms with van der Waals surface area (Å²) in [6.07, 6.45) is 21.2. The number of hydrogen-bond acceptors (Lipinski definition) is 4. The molecule has 4 heteroatoms. The van der Waals surface area contributed by atoms with Crippen LogP contribution in [0.25, 0.3) is 0 Å². The van der Waals surface area contributed by atoms with Crippen LogP contribution >= 0.6 is 0 Å². The summed E-state index contributed by atoms with van der Waals surface area (Å²) in [4.78, 5) is 11.4. The minimum Gasteiger partial charge on any atom is -0.457 e. The quantitative estimate of drug-likeness (QED) is 0.226. The van der Waals surface area contributed by atoms with Crippen molar-refractivity contribution in [1.29, 1.82) is 0 Å². The van der Waals surface area contributed by atoms with E-state index < -0.39 is 6.10 Å². The molecule has 0 bridgehead atoms. The van der Waals surface area contributed by atoms with Crippen molar-refractivity contribution < 1.29 is 19.7 Å². The molecule has 0 atom stereocenters. The van der Waals surface area contributed by atoms with Crippen molar-refractivity contribution in [1.82, 2.24) is 0 Å². The molecule has 0 aliphatic carbocycles. The lowest BCUT2D eigenvalue weighted by atomic mass is 10.1. The second-order valence-electron chi connectivity index (χ2n) is 6.46. The molecule has 0 saturated carbocycles. The third-order valence-corrected chi connectivity index (χ3v) is 4.04. The van der Waals surface area contributed by atoms with E-state index in [9.17, 15) is 4.79 Å². The molecule has 0 aromatic rings. The number of aliphatic hydroxyl groups excluding tert-OH is 2. The van der Waals surface area contributed by atoms with Gasteiger partial charge in [-0.05, 0) is 38.5 Å². The van der Waals surface area contributed by atoms with Crippen LogP contribution in [0.4, 0.5) is 0 Å². The summed E-state index contributed by atoms with van der Waals surface area (Å²) in [5.41, 5.74) is 0. The fourth-order valence-corrected chi connectivity index (χ4v) is 2.46. The van der Waals surface area contributed by atoms with Crippen LogP contribution in [-0.4, -0.2) is 35.5 Å². The summed E-state index contributed by atoms with van der Waals surface area (Å²) < 4.78 is 4.91. The Morgan fingerprint density at radius 1 is 0.840 bits per heavy atom. The smallest absolute Gasteiger partial charge is 0.306 e. The average molecular weight is 355 g/mol. The van der Waals surface area contributed by atoms with Gasteiger partial charge in [-0.2, -0.15) is 0 Å². The number of rotatable bonds is 17. The first-order chi connectivity index (χ1) is 12.2. The van der Waals surface area contributed by atoms with Gasteiger partial charge in [-0.3, -0.25) is 4.79 Å². The third kappa shape index (κ3) is 17.5. The van der Waals surface area contributed by atoms with Gasteiger partial charge < -0.3 is 14.9 Å². The van der Waals surface area contributed by atoms with E-state index in [1.54, 1.807) is 0 Å². The molecule has 0 fully saturated rings. The molecule has 0 aromatic carbocycles. The summed E-state index contributed by atoms with van der Waals surface area (Å²) in [5, 5.41) is 17.7. The number of esters is 1. The molecule has 0 aliphatic heterocycles. The zero-order valence-electron chi connectivity index (χ0n) is 16.0. The minimum atomic E-state index is -0.773. The molecular weight excluding hydrogens is 316 g/mol. The Bertz CT molecular complexity index is 346. The number of hydrogen-bond donors (Lipinski definition) is 2. The van der Waals surface area contributed by atoms with E-state index in [1.165, 1.54) is 38.5 Å². The first-order valence-electron chi connectivity index (χ1n) is 9.95. The molecule has 146 valence electrons. The van der Waals surface area contributed by atoms with Crippen molar-refractivity contribution in [2.45, 2.75) is 90.1 Å². The molecule has 0 aliphatic rings. The van der Waals surface area contributed by atoms with Crippen LogP contribution in [0.3, 0.4) is 0 Å². The predicted octanol–water partition coefficient (Wildman–Crippen LogP) is 4.70. The lowest BCUT2D eigenvalue weighted by Crippen LogP contribution is -2.25. The maximum Gasteiger partial charge on any atom is 0.306 e. The first kappa shape index (κ1) is 23.9. The highest BCUT2D eigenvalue weighted by Crippen LogP contribution is 2.09. The van der Waals surface area contributed by atoms with Gasteiger partial charge in [0.05, 0.1) is 13.2 Å². The largest absolute Gasteiger partial charge is 0.457 e. The van der Waals surface area contributed by atoms with Crippen LogP contribution < -0.4 is 0 Å². The highest BCUT2D eigenvalue weighted by Gasteiger charge is 2.11. The standard InChI is InChI=1S/C21H38O4/c1-2-3-4-5-6-7-8-9-10-11-12-13-14-15-16-17-21(24)25-20(18-22)19-23/h6-7,9-10,20,22-23H,2-5,8,11-19H2,1H3/b7-6+,10-9+. The van der Waals surface area contributed by atoms with Crippen molar-refractivity contribution in [3.63, 3.8) is 0 Å². The van der Waals surface area contributed by atoms with E-state index in [0.29, 0.717) is 6.42 Å². The number of aliphatic hydroxyl groups is 2. The predicted molar refractivity (Wildman–Crippen MR) is 103 cm³/mol. The number of allylic oxidation sites excluding steroid dienone is 4. The van der Waals surface area contributed by atoms with Crippen molar-refractivity contribution in [3.8, 4) is 0 Å². The van der Waals surface area contributed by atoms with E-state index in [4.69, 9.17) is 14.9 Å². The molecule has 0 spiro atoms. The molecule has 4 nitrogen and oxygen atoms in total. The Balaban J connectivity index is 3.35. The van der Waals surface area contributed by atoms with Gasteiger partial charge in [0.15, 0.2) is 0 Å². The van der Waals surface area contributed by atoms with Crippen molar-refractivity contribution >= 4 is 5.97 Å². The summed E-state index contributed by atoms with van der Waals surface area (Å²) in [5.74, 6) is -0.334. The lowest BCUT2D eigenvalue weighted by molar-refractivity contribution is -0.153. The summed E-state index contributed by atoms with van der Waals surface area (Å²) >= 11 is 0. The molecule has 25 heavy (non-hydrogen) atoms. The molecule has 0 rings (SSSR count). The fraction of sp³-hybridized carbons (Fsp3) is 0.762. The van der Waals surface area contributed by atoms with Crippen LogP contribution in [0.1, 0.15) is 84.0 Å².